The summed E-state index contributed by atoms with van der Waals surface area (Å²) in [5.41, 5.74) is 4.89. The van der Waals surface area contributed by atoms with E-state index in [1.165, 1.54) is 7.11 Å². The van der Waals surface area contributed by atoms with E-state index in [0.717, 1.165) is 0 Å². The second-order valence-corrected chi connectivity index (χ2v) is 2.42. The number of carbonyl (C=O) groups is 2. The first kappa shape index (κ1) is 10.9. The van der Waals surface area contributed by atoms with Gasteiger partial charge < -0.3 is 15.8 Å². The Labute approximate surface area is 71.3 Å². The number of nitrogens with two attached hydrogens (primary N) is 1. The number of esters is 1. The van der Waals surface area contributed by atoms with E-state index in [9.17, 15) is 9.59 Å². The molecule has 0 aliphatic heterocycles. The lowest BCUT2D eigenvalue weighted by Crippen LogP contribution is -2.36. The standard InChI is InChI=1S/C7H14N2O3/c1-5(7(11)12-2)9-4-3-6(8)10/h5,9H,3-4H2,1-2H3,(H2,8,10). The fourth-order valence-corrected chi connectivity index (χ4v) is 0.672. The Bertz CT molecular complexity index is 170. The van der Waals surface area contributed by atoms with Gasteiger partial charge in [-0.15, -0.1) is 0 Å². The maximum Gasteiger partial charge on any atom is 0.322 e. The maximum atomic E-state index is 10.8. The van der Waals surface area contributed by atoms with E-state index < -0.39 is 6.04 Å². The highest BCUT2D eigenvalue weighted by Crippen LogP contribution is 1.85. The third-order valence-corrected chi connectivity index (χ3v) is 1.38. The van der Waals surface area contributed by atoms with E-state index in [0.29, 0.717) is 6.54 Å². The summed E-state index contributed by atoms with van der Waals surface area (Å²) in [5.74, 6) is -0.737. The summed E-state index contributed by atoms with van der Waals surface area (Å²) in [6.45, 7) is 2.05. The van der Waals surface area contributed by atoms with Crippen LogP contribution in [0.1, 0.15) is 13.3 Å². The van der Waals surface area contributed by atoms with E-state index >= 15 is 0 Å². The van der Waals surface area contributed by atoms with E-state index in [1.807, 2.05) is 0 Å². The zero-order chi connectivity index (χ0) is 9.56. The monoisotopic (exact) mass is 174 g/mol. The van der Waals surface area contributed by atoms with Gasteiger partial charge in [0.1, 0.15) is 6.04 Å². The van der Waals surface area contributed by atoms with Gasteiger partial charge in [-0.1, -0.05) is 0 Å². The van der Waals surface area contributed by atoms with Crippen molar-refractivity contribution in [1.29, 1.82) is 0 Å². The molecule has 0 bridgehead atoms. The molecule has 0 fully saturated rings. The second-order valence-electron chi connectivity index (χ2n) is 2.42. The predicted octanol–water partition coefficient (Wildman–Crippen LogP) is -0.987. The van der Waals surface area contributed by atoms with Crippen LogP contribution in [-0.4, -0.2) is 31.6 Å². The number of methoxy groups -OCH3 is 1. The molecule has 1 unspecified atom stereocenters. The van der Waals surface area contributed by atoms with Crippen molar-refractivity contribution in [2.75, 3.05) is 13.7 Å². The van der Waals surface area contributed by atoms with Crippen molar-refractivity contribution < 1.29 is 14.3 Å². The van der Waals surface area contributed by atoms with E-state index in [2.05, 4.69) is 10.1 Å². The summed E-state index contributed by atoms with van der Waals surface area (Å²) in [6.07, 6.45) is 0.224. The van der Waals surface area contributed by atoms with Gasteiger partial charge in [0.15, 0.2) is 0 Å². The Balaban J connectivity index is 3.50. The number of hydrogen-bond acceptors (Lipinski definition) is 4. The van der Waals surface area contributed by atoms with Crippen molar-refractivity contribution in [1.82, 2.24) is 5.32 Å². The molecule has 0 heterocycles. The van der Waals surface area contributed by atoms with Gasteiger partial charge in [0, 0.05) is 13.0 Å². The van der Waals surface area contributed by atoms with Gasteiger partial charge in [0.25, 0.3) is 0 Å². The number of primary amides is 1. The van der Waals surface area contributed by atoms with Crippen molar-refractivity contribution >= 4 is 11.9 Å². The Hall–Kier alpha value is -1.10. The van der Waals surface area contributed by atoms with Crippen LogP contribution in [0.25, 0.3) is 0 Å². The normalized spacial score (nSPS) is 12.2. The average Bonchev–Trinajstić information content (AvgIpc) is 2.02. The Morgan fingerprint density at radius 3 is 2.58 bits per heavy atom. The van der Waals surface area contributed by atoms with Gasteiger partial charge in [-0.3, -0.25) is 9.59 Å². The second kappa shape index (κ2) is 5.54. The van der Waals surface area contributed by atoms with Crippen molar-refractivity contribution in [3.63, 3.8) is 0 Å². The maximum absolute atomic E-state index is 10.8. The molecule has 0 aromatic heterocycles. The molecule has 0 radical (unpaired) electrons. The lowest BCUT2D eigenvalue weighted by molar-refractivity contribution is -0.142. The number of nitrogens with one attached hydrogen (secondary N) is 1. The molecule has 0 spiro atoms. The minimum atomic E-state index is -0.394. The molecule has 0 rings (SSSR count). The minimum absolute atomic E-state index is 0.224. The fourth-order valence-electron chi connectivity index (χ4n) is 0.672. The minimum Gasteiger partial charge on any atom is -0.468 e. The Kier molecular flexibility index (Phi) is 5.03. The molecule has 0 saturated heterocycles. The molecule has 70 valence electrons. The van der Waals surface area contributed by atoms with Gasteiger partial charge in [0.2, 0.25) is 5.91 Å². The van der Waals surface area contributed by atoms with Crippen molar-refractivity contribution in [3.05, 3.63) is 0 Å². The number of amides is 1. The first-order chi connectivity index (χ1) is 5.57. The molecule has 0 aliphatic rings. The molecular weight excluding hydrogens is 160 g/mol. The van der Waals surface area contributed by atoms with Crippen LogP contribution in [0.2, 0.25) is 0 Å². The molecular formula is C7H14N2O3. The Morgan fingerprint density at radius 2 is 2.17 bits per heavy atom. The number of hydrogen-bond donors (Lipinski definition) is 2. The quantitative estimate of drug-likeness (QED) is 0.524. The lowest BCUT2D eigenvalue weighted by Gasteiger charge is -2.09. The van der Waals surface area contributed by atoms with Gasteiger partial charge in [-0.05, 0) is 6.92 Å². The highest BCUT2D eigenvalue weighted by molar-refractivity contribution is 5.76. The number of ether oxygens (including phenoxy) is 1. The van der Waals surface area contributed by atoms with Crippen LogP contribution in [0, 0.1) is 0 Å². The van der Waals surface area contributed by atoms with E-state index in [4.69, 9.17) is 5.73 Å². The smallest absolute Gasteiger partial charge is 0.322 e. The lowest BCUT2D eigenvalue weighted by atomic mass is 10.3. The molecule has 0 aromatic rings. The van der Waals surface area contributed by atoms with Crippen molar-refractivity contribution in [2.45, 2.75) is 19.4 Å². The zero-order valence-electron chi connectivity index (χ0n) is 7.29. The first-order valence-electron chi connectivity index (χ1n) is 3.67. The molecule has 0 saturated carbocycles. The van der Waals surface area contributed by atoms with Crippen LogP contribution in [-0.2, 0) is 14.3 Å². The van der Waals surface area contributed by atoms with Crippen LogP contribution < -0.4 is 11.1 Å². The third-order valence-electron chi connectivity index (χ3n) is 1.38. The average molecular weight is 174 g/mol. The highest BCUT2D eigenvalue weighted by Gasteiger charge is 2.11. The SMILES string of the molecule is COC(=O)C(C)NCCC(N)=O. The highest BCUT2D eigenvalue weighted by atomic mass is 16.5. The summed E-state index contributed by atoms with van der Waals surface area (Å²) in [4.78, 5) is 21.1. The number of rotatable bonds is 5. The van der Waals surface area contributed by atoms with Crippen LogP contribution in [0.4, 0.5) is 0 Å². The fraction of sp³-hybridized carbons (Fsp3) is 0.714. The first-order valence-corrected chi connectivity index (χ1v) is 3.67. The molecule has 1 atom stereocenters. The van der Waals surface area contributed by atoms with Crippen LogP contribution in [0.5, 0.6) is 0 Å². The van der Waals surface area contributed by atoms with Gasteiger partial charge in [-0.2, -0.15) is 0 Å². The van der Waals surface area contributed by atoms with Gasteiger partial charge in [-0.25, -0.2) is 0 Å². The zero-order valence-corrected chi connectivity index (χ0v) is 7.29. The third kappa shape index (κ3) is 4.68. The molecule has 12 heavy (non-hydrogen) atoms. The van der Waals surface area contributed by atoms with Crippen molar-refractivity contribution in [3.8, 4) is 0 Å². The van der Waals surface area contributed by atoms with E-state index in [1.54, 1.807) is 6.92 Å². The van der Waals surface area contributed by atoms with Crippen LogP contribution in [0.15, 0.2) is 0 Å². The van der Waals surface area contributed by atoms with Crippen LogP contribution in [0.3, 0.4) is 0 Å². The summed E-state index contributed by atoms with van der Waals surface area (Å²) in [6, 6.07) is -0.394. The predicted molar refractivity (Wildman–Crippen MR) is 43.3 cm³/mol. The summed E-state index contributed by atoms with van der Waals surface area (Å²) >= 11 is 0. The summed E-state index contributed by atoms with van der Waals surface area (Å²) in [7, 11) is 1.31. The molecule has 5 heteroatoms. The molecule has 5 nitrogen and oxygen atoms in total. The van der Waals surface area contributed by atoms with Gasteiger partial charge in [0.05, 0.1) is 7.11 Å². The van der Waals surface area contributed by atoms with E-state index in [-0.39, 0.29) is 18.3 Å². The van der Waals surface area contributed by atoms with Gasteiger partial charge >= 0.3 is 5.97 Å². The molecule has 1 amide bonds. The summed E-state index contributed by atoms with van der Waals surface area (Å²) < 4.78 is 4.45. The molecule has 0 aromatic carbocycles. The van der Waals surface area contributed by atoms with Crippen molar-refractivity contribution in [2.24, 2.45) is 5.73 Å². The van der Waals surface area contributed by atoms with Crippen LogP contribution >= 0.6 is 0 Å². The Morgan fingerprint density at radius 1 is 1.58 bits per heavy atom. The number of carbonyl (C=O) groups excluding carboxylic acids is 2. The molecule has 3 N–H and O–H groups in total. The topological polar surface area (TPSA) is 81.4 Å². The largest absolute Gasteiger partial charge is 0.468 e. The summed E-state index contributed by atoms with van der Waals surface area (Å²) in [5, 5.41) is 2.79. The molecule has 0 aliphatic carbocycles.